The van der Waals surface area contributed by atoms with Crippen molar-refractivity contribution in [1.29, 1.82) is 0 Å². The SMILES string of the molecule is [2H]c1c([2H])c([2H])c2c(oc3c([2H])c([2H])c4oc5c([2H])c(-c6c7c([2H])c([2H])c([2H])c([2H])c7c(-c7ccc(-c8ccccc8)cc7)c7c([2H])c([2H])c([2H])c([2H])c67)c([2H])c([2H])c5c4c32)c1[2H]. The van der Waals surface area contributed by atoms with Gasteiger partial charge in [0.15, 0.2) is 0 Å². The molecular weight excluding hydrogens is 560 g/mol. The first-order valence-corrected chi connectivity index (χ1v) is 14.3. The van der Waals surface area contributed by atoms with Crippen LogP contribution in [0.15, 0.2) is 166 Å². The molecule has 10 aromatic rings. The molecule has 2 heteroatoms. The Labute approximate surface area is 288 Å². The molecule has 0 saturated heterocycles. The molecule has 0 bridgehead atoms. The third-order valence-electron chi connectivity index (χ3n) is 8.24. The zero-order chi connectivity index (χ0) is 45.0. The molecule has 0 amide bonds. The number of furan rings is 2. The van der Waals surface area contributed by atoms with Crippen LogP contribution in [0, 0.1) is 0 Å². The van der Waals surface area contributed by atoms with Gasteiger partial charge < -0.3 is 8.83 Å². The van der Waals surface area contributed by atoms with Gasteiger partial charge in [-0.3, -0.25) is 0 Å². The third kappa shape index (κ3) is 3.65. The van der Waals surface area contributed by atoms with Gasteiger partial charge in [0.2, 0.25) is 0 Å². The van der Waals surface area contributed by atoms with Crippen LogP contribution < -0.4 is 0 Å². The smallest absolute Gasteiger partial charge is 0.136 e. The number of para-hydroxylation sites is 1. The minimum absolute atomic E-state index is 0.0388. The van der Waals surface area contributed by atoms with Crippen molar-refractivity contribution in [3.05, 3.63) is 157 Å². The summed E-state index contributed by atoms with van der Waals surface area (Å²) in [6.07, 6.45) is 0. The van der Waals surface area contributed by atoms with E-state index in [9.17, 15) is 9.60 Å². The summed E-state index contributed by atoms with van der Waals surface area (Å²) < 4.78 is 165. The molecule has 2 aromatic heterocycles. The molecule has 2 nitrogen and oxygen atoms in total. The van der Waals surface area contributed by atoms with Crippen LogP contribution in [0.25, 0.3) is 98.8 Å². The number of benzene rings is 8. The van der Waals surface area contributed by atoms with Crippen molar-refractivity contribution in [3.8, 4) is 33.4 Å². The highest BCUT2D eigenvalue weighted by atomic mass is 16.3. The van der Waals surface area contributed by atoms with Gasteiger partial charge in [-0.15, -0.1) is 0 Å². The highest BCUT2D eigenvalue weighted by Crippen LogP contribution is 2.46. The highest BCUT2D eigenvalue weighted by Gasteiger charge is 2.20. The minimum atomic E-state index is -0.734. The van der Waals surface area contributed by atoms with E-state index in [1.54, 1.807) is 24.3 Å². The fourth-order valence-corrected chi connectivity index (χ4v) is 6.24. The van der Waals surface area contributed by atoms with Crippen molar-refractivity contribution in [1.82, 2.24) is 0 Å². The molecule has 46 heavy (non-hydrogen) atoms. The molecule has 214 valence electrons. The monoisotopic (exact) mass is 603 g/mol. The average Bonchev–Trinajstić information content (AvgIpc) is 3.89. The summed E-state index contributed by atoms with van der Waals surface area (Å²) >= 11 is 0. The summed E-state index contributed by atoms with van der Waals surface area (Å²) in [7, 11) is 0. The van der Waals surface area contributed by atoms with Crippen molar-refractivity contribution in [2.45, 2.75) is 0 Å². The zero-order valence-corrected chi connectivity index (χ0v) is 23.5. The second kappa shape index (κ2) is 9.69. The van der Waals surface area contributed by atoms with E-state index in [4.69, 9.17) is 22.5 Å². The quantitative estimate of drug-likeness (QED) is 0.188. The van der Waals surface area contributed by atoms with Gasteiger partial charge in [0.25, 0.3) is 0 Å². The Morgan fingerprint density at radius 1 is 0.348 bits per heavy atom. The predicted octanol–water partition coefficient (Wildman–Crippen LogP) is 12.8. The molecule has 0 unspecified atom stereocenters. The van der Waals surface area contributed by atoms with Gasteiger partial charge >= 0.3 is 0 Å². The highest BCUT2D eigenvalue weighted by molar-refractivity contribution is 6.27. The predicted molar refractivity (Wildman–Crippen MR) is 192 cm³/mol. The molecule has 0 radical (unpaired) electrons. The molecular formula is C44H26O2. The van der Waals surface area contributed by atoms with Crippen LogP contribution in [-0.4, -0.2) is 0 Å². The van der Waals surface area contributed by atoms with E-state index in [1.807, 2.05) is 30.3 Å². The summed E-state index contributed by atoms with van der Waals surface area (Å²) in [5, 5.41) is -1.66. The van der Waals surface area contributed by atoms with Gasteiger partial charge in [-0.05, 0) is 85.1 Å². The maximum absolute atomic E-state index is 9.72. The second-order valence-electron chi connectivity index (χ2n) is 10.7. The van der Waals surface area contributed by atoms with Gasteiger partial charge in [-0.25, -0.2) is 0 Å². The molecule has 0 atom stereocenters. The van der Waals surface area contributed by atoms with Crippen LogP contribution >= 0.6 is 0 Å². The molecule has 0 aliphatic heterocycles. The summed E-state index contributed by atoms with van der Waals surface area (Å²) in [4.78, 5) is 0. The lowest BCUT2D eigenvalue weighted by Crippen LogP contribution is -1.91. The van der Waals surface area contributed by atoms with E-state index in [-0.39, 0.29) is 71.0 Å². The summed E-state index contributed by atoms with van der Waals surface area (Å²) in [6.45, 7) is 0. The molecule has 0 N–H and O–H groups in total. The van der Waals surface area contributed by atoms with Gasteiger partial charge in [0, 0.05) is 21.5 Å². The molecule has 8 aromatic carbocycles. The van der Waals surface area contributed by atoms with Crippen LogP contribution in [0.5, 0.6) is 0 Å². The molecule has 0 aliphatic rings. The van der Waals surface area contributed by atoms with E-state index in [1.165, 1.54) is 0 Å². The summed E-state index contributed by atoms with van der Waals surface area (Å²) in [5.74, 6) is 0. The van der Waals surface area contributed by atoms with Gasteiger partial charge in [0.05, 0.1) is 23.3 Å². The Morgan fingerprint density at radius 2 is 0.826 bits per heavy atom. The average molecular weight is 604 g/mol. The molecule has 0 spiro atoms. The van der Waals surface area contributed by atoms with Crippen molar-refractivity contribution < 1.29 is 32.1 Å². The Bertz CT molecular complexity index is 3660. The zero-order valence-electron chi connectivity index (χ0n) is 40.5. The number of fused-ring (bicyclic) bond motifs is 9. The summed E-state index contributed by atoms with van der Waals surface area (Å²) in [5.41, 5.74) is -0.286. The molecule has 10 rings (SSSR count). The standard InChI is InChI=1S/C44H26O2/c1-2-10-27(11-3-1)28-18-20-29(21-19-28)41-31-12-4-6-14-33(31)42(34-15-7-5-13-32(34)41)30-22-23-36-40(26-30)46-39-25-24-38-43(44(36)39)35-16-8-9-17-37(35)45-38/h1-26H/i4D,5D,6D,7D,8D,9D,12D,13D,14D,15D,16D,17D,22D,23D,24D,25D,26D. The van der Waals surface area contributed by atoms with E-state index < -0.39 is 114 Å². The van der Waals surface area contributed by atoms with E-state index in [0.29, 0.717) is 5.56 Å². The Hall–Kier alpha value is -6.12. The first kappa shape index (κ1) is 13.9. The first-order valence-electron chi connectivity index (χ1n) is 22.8. The van der Waals surface area contributed by atoms with Crippen molar-refractivity contribution >= 4 is 65.4 Å². The largest absolute Gasteiger partial charge is 0.456 e. The van der Waals surface area contributed by atoms with Crippen LogP contribution in [-0.2, 0) is 0 Å². The fraction of sp³-hybridized carbons (Fsp3) is 0. The Morgan fingerprint density at radius 3 is 1.46 bits per heavy atom. The lowest BCUT2D eigenvalue weighted by Gasteiger charge is -2.18. The van der Waals surface area contributed by atoms with Gasteiger partial charge in [0.1, 0.15) is 22.3 Å². The normalized spacial score (nSPS) is 17.1. The fourth-order valence-electron chi connectivity index (χ4n) is 6.24. The van der Waals surface area contributed by atoms with Crippen LogP contribution in [0.3, 0.4) is 0 Å². The molecule has 2 heterocycles. The minimum Gasteiger partial charge on any atom is -0.456 e. The maximum Gasteiger partial charge on any atom is 0.136 e. The number of rotatable bonds is 3. The Kier molecular flexibility index (Phi) is 2.93. The van der Waals surface area contributed by atoms with E-state index >= 15 is 0 Å². The van der Waals surface area contributed by atoms with E-state index in [0.717, 1.165) is 11.1 Å². The van der Waals surface area contributed by atoms with Crippen molar-refractivity contribution in [2.75, 3.05) is 0 Å². The number of hydrogen-bond acceptors (Lipinski definition) is 2. The van der Waals surface area contributed by atoms with Crippen LogP contribution in [0.2, 0.25) is 0 Å². The molecule has 0 fully saturated rings. The lowest BCUT2D eigenvalue weighted by atomic mass is 9.85. The van der Waals surface area contributed by atoms with E-state index in [2.05, 4.69) is 0 Å². The van der Waals surface area contributed by atoms with Gasteiger partial charge in [-0.2, -0.15) is 0 Å². The van der Waals surface area contributed by atoms with Gasteiger partial charge in [-0.1, -0.05) is 127 Å². The summed E-state index contributed by atoms with van der Waals surface area (Å²) in [6, 6.07) is 5.53. The second-order valence-corrected chi connectivity index (χ2v) is 10.7. The van der Waals surface area contributed by atoms with Crippen LogP contribution in [0.4, 0.5) is 0 Å². The topological polar surface area (TPSA) is 26.3 Å². The lowest BCUT2D eigenvalue weighted by molar-refractivity contribution is 0.663. The first-order chi connectivity index (χ1) is 29.9. The number of hydrogen-bond donors (Lipinski definition) is 0. The maximum atomic E-state index is 9.72. The Balaban J connectivity index is 1.42. The van der Waals surface area contributed by atoms with Crippen molar-refractivity contribution in [2.24, 2.45) is 0 Å². The third-order valence-corrected chi connectivity index (χ3v) is 8.24. The van der Waals surface area contributed by atoms with Crippen LogP contribution in [0.1, 0.15) is 23.3 Å². The molecule has 0 aliphatic carbocycles. The molecule has 0 saturated carbocycles. The van der Waals surface area contributed by atoms with Crippen molar-refractivity contribution in [3.63, 3.8) is 0 Å².